The van der Waals surface area contributed by atoms with Crippen LogP contribution in [0.3, 0.4) is 0 Å². The molecule has 3 heterocycles. The van der Waals surface area contributed by atoms with E-state index in [-0.39, 0.29) is 23.4 Å². The zero-order valence-electron chi connectivity index (χ0n) is 14.7. The predicted molar refractivity (Wildman–Crippen MR) is 102 cm³/mol. The lowest BCUT2D eigenvalue weighted by Crippen LogP contribution is -2.42. The van der Waals surface area contributed by atoms with Crippen molar-refractivity contribution in [2.24, 2.45) is 5.92 Å². The number of fused-ring (bicyclic) bond motifs is 2. The van der Waals surface area contributed by atoms with Crippen LogP contribution in [0.2, 0.25) is 0 Å². The van der Waals surface area contributed by atoms with Gasteiger partial charge in [0.05, 0.1) is 17.0 Å². The van der Waals surface area contributed by atoms with Crippen LogP contribution in [0.5, 0.6) is 0 Å². The van der Waals surface area contributed by atoms with Crippen LogP contribution in [0.25, 0.3) is 22.1 Å². The monoisotopic (exact) mass is 372 g/mol. The predicted octanol–water partition coefficient (Wildman–Crippen LogP) is 2.07. The van der Waals surface area contributed by atoms with Crippen LogP contribution in [0.4, 0.5) is 0 Å². The molecule has 28 heavy (non-hydrogen) atoms. The molecular weight excluding hydrogens is 356 g/mol. The van der Waals surface area contributed by atoms with Crippen molar-refractivity contribution in [1.29, 1.82) is 0 Å². The zero-order valence-corrected chi connectivity index (χ0v) is 14.7. The minimum atomic E-state index is -0.454. The summed E-state index contributed by atoms with van der Waals surface area (Å²) in [6, 6.07) is 14.7. The molecule has 5 rings (SSSR count). The van der Waals surface area contributed by atoms with Gasteiger partial charge < -0.3 is 4.98 Å². The lowest BCUT2D eigenvalue weighted by atomic mass is 10.2. The quantitative estimate of drug-likeness (QED) is 0.477. The van der Waals surface area contributed by atoms with Gasteiger partial charge in [-0.2, -0.15) is 0 Å². The summed E-state index contributed by atoms with van der Waals surface area (Å²) in [6.45, 7) is 0. The molecule has 3 aromatic heterocycles. The number of benzene rings is 1. The molecule has 138 valence electrons. The second-order valence-corrected chi connectivity index (χ2v) is 6.78. The fraction of sp³-hybridized carbons (Fsp3) is 0.150. The first-order valence-corrected chi connectivity index (χ1v) is 8.96. The summed E-state index contributed by atoms with van der Waals surface area (Å²) >= 11 is 0. The standard InChI is InChI=1S/C20H16N6O2/c27-19(13-10-12(13)17-23-15-6-3-9-21-18(15)24-17)25-26-20(28)16-8-7-11-4-1-2-5-14(11)22-16/h1-9,12-13H,10H2,(H,25,27)(H,26,28)(H,21,23,24)/t12-,13+/m0/s1. The summed E-state index contributed by atoms with van der Waals surface area (Å²) in [4.78, 5) is 40.8. The topological polar surface area (TPSA) is 113 Å². The minimum Gasteiger partial charge on any atom is -0.340 e. The van der Waals surface area contributed by atoms with Crippen LogP contribution in [-0.4, -0.2) is 31.8 Å². The summed E-state index contributed by atoms with van der Waals surface area (Å²) in [6.07, 6.45) is 2.36. The van der Waals surface area contributed by atoms with Gasteiger partial charge in [-0.1, -0.05) is 24.3 Å². The van der Waals surface area contributed by atoms with Crippen LogP contribution in [0.1, 0.15) is 28.7 Å². The summed E-state index contributed by atoms with van der Waals surface area (Å²) in [5.41, 5.74) is 7.38. The molecule has 1 aliphatic carbocycles. The van der Waals surface area contributed by atoms with E-state index in [9.17, 15) is 9.59 Å². The van der Waals surface area contributed by atoms with Gasteiger partial charge >= 0.3 is 0 Å². The van der Waals surface area contributed by atoms with Crippen molar-refractivity contribution < 1.29 is 9.59 Å². The van der Waals surface area contributed by atoms with Crippen LogP contribution in [0, 0.1) is 5.92 Å². The van der Waals surface area contributed by atoms with Crippen LogP contribution >= 0.6 is 0 Å². The SMILES string of the molecule is O=C(NNC(=O)[C@@H]1C[C@@H]1c1nc2ncccc2[nH]1)c1ccc2ccccc2n1. The van der Waals surface area contributed by atoms with Gasteiger partial charge in [0.2, 0.25) is 5.91 Å². The molecule has 8 nitrogen and oxygen atoms in total. The molecule has 3 N–H and O–H groups in total. The fourth-order valence-electron chi connectivity index (χ4n) is 3.29. The van der Waals surface area contributed by atoms with Crippen molar-refractivity contribution in [2.45, 2.75) is 12.3 Å². The highest BCUT2D eigenvalue weighted by Gasteiger charge is 2.46. The van der Waals surface area contributed by atoms with Gasteiger partial charge in [-0.15, -0.1) is 0 Å². The van der Waals surface area contributed by atoms with Crippen molar-refractivity contribution in [3.63, 3.8) is 0 Å². The molecule has 2 atom stereocenters. The molecule has 0 radical (unpaired) electrons. The van der Waals surface area contributed by atoms with E-state index in [2.05, 4.69) is 30.8 Å². The maximum absolute atomic E-state index is 12.3. The number of aromatic amines is 1. The van der Waals surface area contributed by atoms with E-state index in [1.807, 2.05) is 42.5 Å². The van der Waals surface area contributed by atoms with Gasteiger partial charge in [0.15, 0.2) is 5.65 Å². The van der Waals surface area contributed by atoms with E-state index < -0.39 is 5.91 Å². The Balaban J connectivity index is 1.22. The summed E-state index contributed by atoms with van der Waals surface area (Å²) in [7, 11) is 0. The average molecular weight is 372 g/mol. The molecule has 0 unspecified atom stereocenters. The number of hydrazine groups is 1. The average Bonchev–Trinajstić information content (AvgIpc) is 3.42. The molecule has 1 aliphatic rings. The van der Waals surface area contributed by atoms with Crippen molar-refractivity contribution in [3.05, 3.63) is 66.2 Å². The molecule has 0 aliphatic heterocycles. The number of nitrogens with one attached hydrogen (secondary N) is 3. The second kappa shape index (κ2) is 6.41. The molecule has 1 fully saturated rings. The van der Waals surface area contributed by atoms with Crippen LogP contribution in [0.15, 0.2) is 54.7 Å². The van der Waals surface area contributed by atoms with Crippen LogP contribution < -0.4 is 10.9 Å². The number of aromatic nitrogens is 4. The van der Waals surface area contributed by atoms with Gasteiger partial charge in [0, 0.05) is 17.5 Å². The first kappa shape index (κ1) is 16.4. The Morgan fingerprint density at radius 2 is 1.89 bits per heavy atom. The molecule has 4 aromatic rings. The van der Waals surface area contributed by atoms with Gasteiger partial charge in [-0.3, -0.25) is 20.4 Å². The molecular formula is C20H16N6O2. The Hall–Kier alpha value is -3.81. The summed E-state index contributed by atoms with van der Waals surface area (Å²) in [5.74, 6) is -0.177. The molecule has 1 saturated carbocycles. The Kier molecular flexibility index (Phi) is 3.75. The van der Waals surface area contributed by atoms with Crippen molar-refractivity contribution in [1.82, 2.24) is 30.8 Å². The Bertz CT molecular complexity index is 1180. The third-order valence-corrected chi connectivity index (χ3v) is 4.88. The van der Waals surface area contributed by atoms with Gasteiger partial charge in [0.25, 0.3) is 5.91 Å². The lowest BCUT2D eigenvalue weighted by molar-refractivity contribution is -0.123. The lowest BCUT2D eigenvalue weighted by Gasteiger charge is -2.07. The first-order chi connectivity index (χ1) is 13.7. The fourth-order valence-corrected chi connectivity index (χ4v) is 3.29. The van der Waals surface area contributed by atoms with Gasteiger partial charge in [-0.05, 0) is 30.7 Å². The molecule has 0 bridgehead atoms. The van der Waals surface area contributed by atoms with E-state index >= 15 is 0 Å². The number of carbonyl (C=O) groups is 2. The number of para-hydroxylation sites is 1. The molecule has 8 heteroatoms. The number of H-pyrrole nitrogens is 1. The smallest absolute Gasteiger partial charge is 0.288 e. The highest BCUT2D eigenvalue weighted by atomic mass is 16.2. The number of rotatable bonds is 3. The van der Waals surface area contributed by atoms with Crippen molar-refractivity contribution in [2.75, 3.05) is 0 Å². The number of hydrogen-bond donors (Lipinski definition) is 3. The van der Waals surface area contributed by atoms with Gasteiger partial charge in [-0.25, -0.2) is 15.0 Å². The van der Waals surface area contributed by atoms with E-state index in [4.69, 9.17) is 0 Å². The maximum Gasteiger partial charge on any atom is 0.288 e. The number of hydrogen-bond acceptors (Lipinski definition) is 5. The number of carbonyl (C=O) groups excluding carboxylic acids is 2. The maximum atomic E-state index is 12.3. The minimum absolute atomic E-state index is 0.00453. The Morgan fingerprint density at radius 3 is 2.79 bits per heavy atom. The van der Waals surface area contributed by atoms with E-state index in [1.54, 1.807) is 12.3 Å². The zero-order chi connectivity index (χ0) is 19.1. The molecule has 1 aromatic carbocycles. The largest absolute Gasteiger partial charge is 0.340 e. The van der Waals surface area contributed by atoms with Crippen molar-refractivity contribution in [3.8, 4) is 0 Å². The highest BCUT2D eigenvalue weighted by molar-refractivity contribution is 5.96. The highest BCUT2D eigenvalue weighted by Crippen LogP contribution is 2.46. The van der Waals surface area contributed by atoms with E-state index in [0.29, 0.717) is 12.1 Å². The third-order valence-electron chi connectivity index (χ3n) is 4.88. The van der Waals surface area contributed by atoms with Crippen LogP contribution in [-0.2, 0) is 4.79 Å². The molecule has 0 spiro atoms. The number of amides is 2. The van der Waals surface area contributed by atoms with Gasteiger partial charge in [0.1, 0.15) is 11.5 Å². The summed E-state index contributed by atoms with van der Waals surface area (Å²) < 4.78 is 0. The van der Waals surface area contributed by atoms with Crippen molar-refractivity contribution >= 4 is 33.9 Å². The summed E-state index contributed by atoms with van der Waals surface area (Å²) in [5, 5.41) is 0.948. The molecule has 2 amide bonds. The molecule has 0 saturated heterocycles. The second-order valence-electron chi connectivity index (χ2n) is 6.78. The van der Waals surface area contributed by atoms with E-state index in [0.717, 1.165) is 22.2 Å². The number of pyridine rings is 2. The number of nitrogens with zero attached hydrogens (tertiary/aromatic N) is 3. The third kappa shape index (κ3) is 2.94. The number of imidazole rings is 1. The van der Waals surface area contributed by atoms with E-state index in [1.165, 1.54) is 0 Å². The Morgan fingerprint density at radius 1 is 1.00 bits per heavy atom. The Labute approximate surface area is 159 Å². The normalized spacial score (nSPS) is 18.1. The first-order valence-electron chi connectivity index (χ1n) is 8.96.